The van der Waals surface area contributed by atoms with Gasteiger partial charge in [0, 0.05) is 25.8 Å². The van der Waals surface area contributed by atoms with Crippen molar-refractivity contribution < 1.29 is 17.5 Å². The number of anilines is 1. The van der Waals surface area contributed by atoms with Crippen LogP contribution in [0.15, 0.2) is 48.7 Å². The highest BCUT2D eigenvalue weighted by Gasteiger charge is 2.29. The summed E-state index contributed by atoms with van der Waals surface area (Å²) in [5.74, 6) is 1.69. The summed E-state index contributed by atoms with van der Waals surface area (Å²) in [7, 11) is -3.65. The van der Waals surface area contributed by atoms with Gasteiger partial charge in [-0.05, 0) is 35.8 Å². The van der Waals surface area contributed by atoms with Crippen LogP contribution >= 0.6 is 0 Å². The number of allylic oxidation sites excluding steroid dienone is 3. The monoisotopic (exact) mass is 431 g/mol. The van der Waals surface area contributed by atoms with Gasteiger partial charge in [0.15, 0.2) is 0 Å². The van der Waals surface area contributed by atoms with E-state index in [1.165, 1.54) is 11.6 Å². The molecule has 0 radical (unpaired) electrons. The van der Waals surface area contributed by atoms with E-state index in [-0.39, 0.29) is 17.4 Å². The number of nitrogens with zero attached hydrogens (tertiary/aromatic N) is 2. The quantitative estimate of drug-likeness (QED) is 0.531. The third kappa shape index (κ3) is 5.30. The van der Waals surface area contributed by atoms with E-state index in [1.807, 2.05) is 18.4 Å². The van der Waals surface area contributed by atoms with Crippen LogP contribution in [0.3, 0.4) is 0 Å². The maximum absolute atomic E-state index is 14.7. The first-order chi connectivity index (χ1) is 14.3. The smallest absolute Gasteiger partial charge is 0.229 e. The van der Waals surface area contributed by atoms with E-state index in [0.29, 0.717) is 25.3 Å². The van der Waals surface area contributed by atoms with Gasteiger partial charge >= 0.3 is 0 Å². The number of morpholine rings is 1. The van der Waals surface area contributed by atoms with Crippen LogP contribution in [0.4, 0.5) is 10.1 Å². The lowest BCUT2D eigenvalue weighted by Crippen LogP contribution is -2.52. The zero-order valence-corrected chi connectivity index (χ0v) is 17.8. The van der Waals surface area contributed by atoms with Crippen LogP contribution in [0.25, 0.3) is 0 Å². The molecule has 0 amide bonds. The average molecular weight is 432 g/mol. The number of nitrogens with one attached hydrogen (secondary N) is 1. The fourth-order valence-electron chi connectivity index (χ4n) is 3.77. The molecule has 1 atom stereocenters. The van der Waals surface area contributed by atoms with E-state index in [2.05, 4.69) is 33.1 Å². The minimum absolute atomic E-state index is 0.00284. The van der Waals surface area contributed by atoms with E-state index < -0.39 is 15.8 Å². The molecule has 2 aliphatic heterocycles. The van der Waals surface area contributed by atoms with Crippen LogP contribution in [0.1, 0.15) is 17.5 Å². The number of benzene rings is 1. The Morgan fingerprint density at radius 3 is 2.77 bits per heavy atom. The van der Waals surface area contributed by atoms with Crippen LogP contribution in [-0.4, -0.2) is 56.9 Å². The highest BCUT2D eigenvalue weighted by molar-refractivity contribution is 7.92. The molecule has 0 aromatic heterocycles. The Labute approximate surface area is 177 Å². The summed E-state index contributed by atoms with van der Waals surface area (Å²) >= 11 is 0. The minimum atomic E-state index is -3.65. The van der Waals surface area contributed by atoms with Gasteiger partial charge in [0.05, 0.1) is 30.7 Å². The number of hydrogen-bond donors (Lipinski definition) is 1. The van der Waals surface area contributed by atoms with Crippen molar-refractivity contribution in [2.24, 2.45) is 0 Å². The third-order valence-electron chi connectivity index (χ3n) is 4.96. The van der Waals surface area contributed by atoms with Crippen molar-refractivity contribution in [2.75, 3.05) is 37.3 Å². The SMILES string of the molecule is C#Cc1cc(CN2C=CC=C(CC=C)C2N2CCOCC2)cc(F)c1NS(C)(=O)=O. The summed E-state index contributed by atoms with van der Waals surface area (Å²) in [6.45, 7) is 7.20. The molecular formula is C22H26FN3O3S. The van der Waals surface area contributed by atoms with Crippen LogP contribution < -0.4 is 4.72 Å². The average Bonchev–Trinajstić information content (AvgIpc) is 2.70. The highest BCUT2D eigenvalue weighted by atomic mass is 32.2. The molecule has 0 saturated carbocycles. The number of ether oxygens (including phenoxy) is 1. The Morgan fingerprint density at radius 1 is 1.40 bits per heavy atom. The molecule has 2 heterocycles. The van der Waals surface area contributed by atoms with Crippen molar-refractivity contribution in [1.82, 2.24) is 9.80 Å². The van der Waals surface area contributed by atoms with Gasteiger partial charge in [-0.15, -0.1) is 13.0 Å². The maximum atomic E-state index is 14.7. The molecule has 1 saturated heterocycles. The van der Waals surface area contributed by atoms with Gasteiger partial charge in [-0.3, -0.25) is 9.62 Å². The summed E-state index contributed by atoms with van der Waals surface area (Å²) in [5, 5.41) is 0. The lowest BCUT2D eigenvalue weighted by Gasteiger charge is -2.43. The number of hydrogen-bond acceptors (Lipinski definition) is 5. The molecule has 3 rings (SSSR count). The first-order valence-corrected chi connectivity index (χ1v) is 11.5. The summed E-state index contributed by atoms with van der Waals surface area (Å²) < 4.78 is 45.5. The standard InChI is InChI=1S/C22H26FN3O3S/c1-4-7-19-8-6-9-26(22(19)25-10-12-29-13-11-25)16-17-14-18(5-2)21(20(23)15-17)24-30(3,27)28/h2,4,6,8-9,14-15,22,24H,1,7,10-13,16H2,3H3. The van der Waals surface area contributed by atoms with Crippen LogP contribution in [-0.2, 0) is 21.3 Å². The Bertz CT molecular complexity index is 1010. The number of sulfonamides is 1. The Balaban J connectivity index is 1.90. The second-order valence-electron chi connectivity index (χ2n) is 7.29. The highest BCUT2D eigenvalue weighted by Crippen LogP contribution is 2.28. The normalized spacial score (nSPS) is 19.8. The zero-order valence-electron chi connectivity index (χ0n) is 17.0. The minimum Gasteiger partial charge on any atom is -0.379 e. The first kappa shape index (κ1) is 22.1. The maximum Gasteiger partial charge on any atom is 0.229 e. The van der Waals surface area contributed by atoms with E-state index in [9.17, 15) is 12.8 Å². The number of terminal acetylenes is 1. The molecule has 160 valence electrons. The van der Waals surface area contributed by atoms with Crippen molar-refractivity contribution >= 4 is 15.7 Å². The molecule has 0 spiro atoms. The number of rotatable bonds is 7. The molecule has 1 unspecified atom stereocenters. The van der Waals surface area contributed by atoms with Crippen molar-refractivity contribution in [3.05, 3.63) is 65.7 Å². The van der Waals surface area contributed by atoms with Gasteiger partial charge in [0.2, 0.25) is 10.0 Å². The molecular weight excluding hydrogens is 405 g/mol. The third-order valence-corrected chi connectivity index (χ3v) is 5.54. The van der Waals surface area contributed by atoms with E-state index >= 15 is 0 Å². The van der Waals surface area contributed by atoms with Gasteiger partial charge in [-0.2, -0.15) is 0 Å². The molecule has 1 N–H and O–H groups in total. The Kier molecular flexibility index (Phi) is 6.98. The lowest BCUT2D eigenvalue weighted by atomic mass is 10.0. The van der Waals surface area contributed by atoms with Gasteiger partial charge in [-0.25, -0.2) is 12.8 Å². The van der Waals surface area contributed by atoms with Gasteiger partial charge in [0.1, 0.15) is 12.0 Å². The van der Waals surface area contributed by atoms with Gasteiger partial charge < -0.3 is 9.64 Å². The van der Waals surface area contributed by atoms with Crippen molar-refractivity contribution in [2.45, 2.75) is 19.1 Å². The molecule has 30 heavy (non-hydrogen) atoms. The second kappa shape index (κ2) is 9.47. The van der Waals surface area contributed by atoms with Crippen LogP contribution in [0.2, 0.25) is 0 Å². The number of halogens is 1. The molecule has 1 aromatic carbocycles. The first-order valence-electron chi connectivity index (χ1n) is 9.65. The van der Waals surface area contributed by atoms with E-state index in [0.717, 1.165) is 25.8 Å². The zero-order chi connectivity index (χ0) is 21.7. The van der Waals surface area contributed by atoms with Crippen LogP contribution in [0.5, 0.6) is 0 Å². The van der Waals surface area contributed by atoms with Gasteiger partial charge in [0.25, 0.3) is 0 Å². The molecule has 2 aliphatic rings. The topological polar surface area (TPSA) is 61.9 Å². The molecule has 1 fully saturated rings. The van der Waals surface area contributed by atoms with Gasteiger partial charge in [-0.1, -0.05) is 18.1 Å². The molecule has 0 bridgehead atoms. The summed E-state index contributed by atoms with van der Waals surface area (Å²) in [4.78, 5) is 4.46. The lowest BCUT2D eigenvalue weighted by molar-refractivity contribution is -0.0108. The molecule has 6 nitrogen and oxygen atoms in total. The second-order valence-corrected chi connectivity index (χ2v) is 9.04. The van der Waals surface area contributed by atoms with Crippen molar-refractivity contribution in [3.8, 4) is 12.3 Å². The fraction of sp³-hybridized carbons (Fsp3) is 0.364. The molecule has 0 aliphatic carbocycles. The van der Waals surface area contributed by atoms with Crippen molar-refractivity contribution in [1.29, 1.82) is 0 Å². The summed E-state index contributed by atoms with van der Waals surface area (Å²) in [6.07, 6.45) is 15.1. The Morgan fingerprint density at radius 2 is 2.13 bits per heavy atom. The summed E-state index contributed by atoms with van der Waals surface area (Å²) in [6, 6.07) is 2.97. The molecule has 1 aromatic rings. The fourth-order valence-corrected chi connectivity index (χ4v) is 4.35. The largest absolute Gasteiger partial charge is 0.379 e. The predicted octanol–water partition coefficient (Wildman–Crippen LogP) is 2.67. The summed E-state index contributed by atoms with van der Waals surface area (Å²) in [5.41, 5.74) is 1.82. The van der Waals surface area contributed by atoms with Crippen LogP contribution in [0, 0.1) is 18.2 Å². The molecule has 8 heteroatoms. The van der Waals surface area contributed by atoms with E-state index in [1.54, 1.807) is 6.07 Å². The van der Waals surface area contributed by atoms with E-state index in [4.69, 9.17) is 11.2 Å². The Hall–Kier alpha value is -2.60. The van der Waals surface area contributed by atoms with Crippen molar-refractivity contribution in [3.63, 3.8) is 0 Å². The predicted molar refractivity (Wildman–Crippen MR) is 117 cm³/mol.